The number of amides is 1. The number of carbonyl (C=O) groups is 2. The summed E-state index contributed by atoms with van der Waals surface area (Å²) >= 11 is 5.79. The van der Waals surface area contributed by atoms with E-state index >= 15 is 0 Å². The first-order valence-corrected chi connectivity index (χ1v) is 8.39. The molecule has 1 aliphatic carbocycles. The first kappa shape index (κ1) is 18.5. The quantitative estimate of drug-likeness (QED) is 0.777. The molecule has 0 unspecified atom stereocenters. The topological polar surface area (TPSA) is 84.9 Å². The number of aliphatic carboxylic acids is 1. The van der Waals surface area contributed by atoms with E-state index in [4.69, 9.17) is 26.2 Å². The maximum absolute atomic E-state index is 11.8. The SMILES string of the molecule is O=C(O)COCC1CCC(COC(=O)Nc2ccc(Cl)cc2)CC1. The summed E-state index contributed by atoms with van der Waals surface area (Å²) in [5, 5.41) is 11.8. The number of carboxylic acid groups (broad SMARTS) is 1. The van der Waals surface area contributed by atoms with Gasteiger partial charge in [-0.2, -0.15) is 0 Å². The highest BCUT2D eigenvalue weighted by Crippen LogP contribution is 2.29. The van der Waals surface area contributed by atoms with E-state index in [0.717, 1.165) is 25.7 Å². The molecule has 1 amide bonds. The molecule has 0 saturated heterocycles. The Kier molecular flexibility index (Phi) is 7.34. The van der Waals surface area contributed by atoms with E-state index in [9.17, 15) is 9.59 Å². The van der Waals surface area contributed by atoms with Crippen LogP contribution in [0.1, 0.15) is 25.7 Å². The molecule has 2 rings (SSSR count). The Morgan fingerprint density at radius 2 is 1.67 bits per heavy atom. The molecular weight excluding hydrogens is 334 g/mol. The van der Waals surface area contributed by atoms with Crippen molar-refractivity contribution in [1.29, 1.82) is 0 Å². The summed E-state index contributed by atoms with van der Waals surface area (Å²) in [6.07, 6.45) is 3.37. The van der Waals surface area contributed by atoms with Gasteiger partial charge in [-0.1, -0.05) is 11.6 Å². The van der Waals surface area contributed by atoms with E-state index in [1.807, 2.05) is 0 Å². The largest absolute Gasteiger partial charge is 0.480 e. The number of hydrogen-bond acceptors (Lipinski definition) is 4. The second kappa shape index (κ2) is 9.49. The van der Waals surface area contributed by atoms with Gasteiger partial charge in [0.1, 0.15) is 6.61 Å². The van der Waals surface area contributed by atoms with Crippen LogP contribution in [0.4, 0.5) is 10.5 Å². The zero-order valence-electron chi connectivity index (χ0n) is 13.4. The molecule has 0 aromatic heterocycles. The highest BCUT2D eigenvalue weighted by atomic mass is 35.5. The first-order valence-electron chi connectivity index (χ1n) is 8.02. The fourth-order valence-corrected chi connectivity index (χ4v) is 2.88. The summed E-state index contributed by atoms with van der Waals surface area (Å²) in [5.74, 6) is -0.205. The molecule has 0 radical (unpaired) electrons. The minimum atomic E-state index is -0.941. The molecule has 0 heterocycles. The summed E-state index contributed by atoms with van der Waals surface area (Å²) in [5.41, 5.74) is 0.642. The highest BCUT2D eigenvalue weighted by Gasteiger charge is 2.22. The van der Waals surface area contributed by atoms with Crippen molar-refractivity contribution < 1.29 is 24.2 Å². The average Bonchev–Trinajstić information content (AvgIpc) is 2.56. The Balaban J connectivity index is 1.60. The Bertz CT molecular complexity index is 540. The number of nitrogens with one attached hydrogen (secondary N) is 1. The number of ether oxygens (including phenoxy) is 2. The summed E-state index contributed by atoms with van der Waals surface area (Å²) in [6, 6.07) is 6.83. The molecule has 0 bridgehead atoms. The zero-order valence-corrected chi connectivity index (χ0v) is 14.1. The monoisotopic (exact) mass is 355 g/mol. The number of halogens is 1. The van der Waals surface area contributed by atoms with Crippen molar-refractivity contribution in [3.05, 3.63) is 29.3 Å². The van der Waals surface area contributed by atoms with E-state index in [2.05, 4.69) is 5.32 Å². The van der Waals surface area contributed by atoms with E-state index in [-0.39, 0.29) is 6.61 Å². The van der Waals surface area contributed by atoms with Crippen molar-refractivity contribution in [3.63, 3.8) is 0 Å². The van der Waals surface area contributed by atoms with Gasteiger partial charge in [-0.15, -0.1) is 0 Å². The van der Waals surface area contributed by atoms with Crippen molar-refractivity contribution >= 4 is 29.4 Å². The summed E-state index contributed by atoms with van der Waals surface area (Å²) in [7, 11) is 0. The number of carboxylic acids is 1. The molecule has 1 aromatic carbocycles. The van der Waals surface area contributed by atoms with Crippen LogP contribution in [0.2, 0.25) is 5.02 Å². The number of rotatable bonds is 7. The minimum absolute atomic E-state index is 0.242. The van der Waals surface area contributed by atoms with Gasteiger partial charge in [0.15, 0.2) is 0 Å². The fourth-order valence-electron chi connectivity index (χ4n) is 2.76. The van der Waals surface area contributed by atoms with E-state index in [1.165, 1.54) is 0 Å². The third-order valence-electron chi connectivity index (χ3n) is 4.09. The van der Waals surface area contributed by atoms with Crippen molar-refractivity contribution in [2.24, 2.45) is 11.8 Å². The third kappa shape index (κ3) is 6.76. The Morgan fingerprint density at radius 3 is 2.25 bits per heavy atom. The number of benzene rings is 1. The van der Waals surface area contributed by atoms with Crippen molar-refractivity contribution in [2.45, 2.75) is 25.7 Å². The molecule has 2 N–H and O–H groups in total. The minimum Gasteiger partial charge on any atom is -0.480 e. The van der Waals surface area contributed by atoms with Crippen LogP contribution in [-0.2, 0) is 14.3 Å². The van der Waals surface area contributed by atoms with Gasteiger partial charge in [-0.3, -0.25) is 5.32 Å². The zero-order chi connectivity index (χ0) is 17.4. The van der Waals surface area contributed by atoms with Crippen LogP contribution in [0.3, 0.4) is 0 Å². The van der Waals surface area contributed by atoms with Gasteiger partial charge in [0, 0.05) is 10.7 Å². The van der Waals surface area contributed by atoms with Gasteiger partial charge in [0.05, 0.1) is 13.2 Å². The van der Waals surface area contributed by atoms with Gasteiger partial charge in [-0.05, 0) is 61.8 Å². The van der Waals surface area contributed by atoms with Crippen molar-refractivity contribution in [3.8, 4) is 0 Å². The molecule has 0 atom stereocenters. The Labute approximate surface area is 146 Å². The second-order valence-electron chi connectivity index (χ2n) is 6.03. The fraction of sp³-hybridized carbons (Fsp3) is 0.529. The Morgan fingerprint density at radius 1 is 1.08 bits per heavy atom. The van der Waals surface area contributed by atoms with E-state index < -0.39 is 12.1 Å². The molecule has 7 heteroatoms. The summed E-state index contributed by atoms with van der Waals surface area (Å²) in [4.78, 5) is 22.2. The van der Waals surface area contributed by atoms with Crippen LogP contribution in [0, 0.1) is 11.8 Å². The maximum Gasteiger partial charge on any atom is 0.411 e. The molecule has 1 aromatic rings. The predicted molar refractivity (Wildman–Crippen MR) is 90.3 cm³/mol. The van der Waals surface area contributed by atoms with Crippen LogP contribution < -0.4 is 5.32 Å². The van der Waals surface area contributed by atoms with Crippen LogP contribution in [-0.4, -0.2) is 37.0 Å². The first-order chi connectivity index (χ1) is 11.5. The van der Waals surface area contributed by atoms with Gasteiger partial charge < -0.3 is 14.6 Å². The van der Waals surface area contributed by atoms with Gasteiger partial charge in [0.2, 0.25) is 0 Å². The molecule has 24 heavy (non-hydrogen) atoms. The van der Waals surface area contributed by atoms with Crippen molar-refractivity contribution in [2.75, 3.05) is 25.1 Å². The molecular formula is C17H22ClNO5. The molecule has 0 aliphatic heterocycles. The van der Waals surface area contributed by atoms with Gasteiger partial charge in [0.25, 0.3) is 0 Å². The van der Waals surface area contributed by atoms with Crippen LogP contribution >= 0.6 is 11.6 Å². The summed E-state index contributed by atoms with van der Waals surface area (Å²) in [6.45, 7) is 0.632. The third-order valence-corrected chi connectivity index (χ3v) is 4.34. The molecule has 132 valence electrons. The van der Waals surface area contributed by atoms with E-state index in [1.54, 1.807) is 24.3 Å². The number of hydrogen-bond donors (Lipinski definition) is 2. The lowest BCUT2D eigenvalue weighted by atomic mass is 9.83. The van der Waals surface area contributed by atoms with Gasteiger partial charge in [-0.25, -0.2) is 9.59 Å². The second-order valence-corrected chi connectivity index (χ2v) is 6.46. The van der Waals surface area contributed by atoms with Crippen LogP contribution in [0.15, 0.2) is 24.3 Å². The number of anilines is 1. The lowest BCUT2D eigenvalue weighted by Crippen LogP contribution is -2.25. The predicted octanol–water partition coefficient (Wildman–Crippen LogP) is 3.80. The van der Waals surface area contributed by atoms with Crippen LogP contribution in [0.5, 0.6) is 0 Å². The lowest BCUT2D eigenvalue weighted by molar-refractivity contribution is -0.142. The van der Waals surface area contributed by atoms with Crippen LogP contribution in [0.25, 0.3) is 0 Å². The smallest absolute Gasteiger partial charge is 0.411 e. The average molecular weight is 356 g/mol. The maximum atomic E-state index is 11.8. The molecule has 6 nitrogen and oxygen atoms in total. The van der Waals surface area contributed by atoms with Crippen molar-refractivity contribution in [1.82, 2.24) is 0 Å². The molecule has 1 fully saturated rings. The number of carbonyl (C=O) groups excluding carboxylic acids is 1. The highest BCUT2D eigenvalue weighted by molar-refractivity contribution is 6.30. The molecule has 1 saturated carbocycles. The molecule has 0 spiro atoms. The van der Waals surface area contributed by atoms with E-state index in [0.29, 0.717) is 35.8 Å². The van der Waals surface area contributed by atoms with Gasteiger partial charge >= 0.3 is 12.1 Å². The lowest BCUT2D eigenvalue weighted by Gasteiger charge is -2.27. The summed E-state index contributed by atoms with van der Waals surface area (Å²) < 4.78 is 10.4. The molecule has 1 aliphatic rings. The Hall–Kier alpha value is -1.79. The normalized spacial score (nSPS) is 20.4. The standard InChI is InChI=1S/C17H22ClNO5/c18-14-5-7-15(8-6-14)19-17(22)24-10-13-3-1-12(2-4-13)9-23-11-16(20)21/h5-8,12-13H,1-4,9-11H2,(H,19,22)(H,20,21).